The Morgan fingerprint density at radius 1 is 1.06 bits per heavy atom. The first-order chi connectivity index (χ1) is 17.3. The lowest BCUT2D eigenvalue weighted by Crippen LogP contribution is -2.34. The Balaban J connectivity index is 1.41. The van der Waals surface area contributed by atoms with E-state index < -0.39 is 11.6 Å². The summed E-state index contributed by atoms with van der Waals surface area (Å²) < 4.78 is 11.7. The van der Waals surface area contributed by atoms with Crippen LogP contribution in [0.5, 0.6) is 0 Å². The molecule has 4 aromatic rings. The van der Waals surface area contributed by atoms with Crippen molar-refractivity contribution in [3.8, 4) is 11.1 Å². The third-order valence-corrected chi connectivity index (χ3v) is 7.49. The van der Waals surface area contributed by atoms with Crippen molar-refractivity contribution < 1.29 is 23.5 Å². The minimum Gasteiger partial charge on any atom is -0.481 e. The molecule has 1 aliphatic carbocycles. The number of carbonyl (C=O) groups is 2. The second-order valence-corrected chi connectivity index (χ2v) is 9.82. The van der Waals surface area contributed by atoms with Gasteiger partial charge in [-0.25, -0.2) is 4.79 Å². The van der Waals surface area contributed by atoms with Gasteiger partial charge in [-0.05, 0) is 68.2 Å². The Morgan fingerprint density at radius 2 is 1.78 bits per heavy atom. The molecule has 1 fully saturated rings. The summed E-state index contributed by atoms with van der Waals surface area (Å²) in [5.41, 5.74) is 4.49. The second-order valence-electron chi connectivity index (χ2n) is 9.82. The summed E-state index contributed by atoms with van der Waals surface area (Å²) in [6.07, 6.45) is 4.44. The summed E-state index contributed by atoms with van der Waals surface area (Å²) in [5.74, 6) is -1.03. The zero-order chi connectivity index (χ0) is 25.4. The van der Waals surface area contributed by atoms with Gasteiger partial charge >= 0.3 is 11.6 Å². The highest BCUT2D eigenvalue weighted by atomic mass is 16.4. The third kappa shape index (κ3) is 4.41. The van der Waals surface area contributed by atoms with Gasteiger partial charge in [0.2, 0.25) is 5.91 Å². The molecule has 0 unspecified atom stereocenters. The summed E-state index contributed by atoms with van der Waals surface area (Å²) in [7, 11) is 0. The van der Waals surface area contributed by atoms with Gasteiger partial charge in [-0.3, -0.25) is 9.59 Å². The highest BCUT2D eigenvalue weighted by Gasteiger charge is 2.26. The summed E-state index contributed by atoms with van der Waals surface area (Å²) in [6, 6.07) is 11.8. The molecule has 1 aliphatic rings. The number of hydrogen-bond donors (Lipinski definition) is 2. The zero-order valence-electron chi connectivity index (χ0n) is 20.4. The van der Waals surface area contributed by atoms with Gasteiger partial charge < -0.3 is 19.3 Å². The Kier molecular flexibility index (Phi) is 6.39. The average molecular weight is 488 g/mol. The maximum Gasteiger partial charge on any atom is 0.340 e. The van der Waals surface area contributed by atoms with Gasteiger partial charge in [-0.15, -0.1) is 0 Å². The summed E-state index contributed by atoms with van der Waals surface area (Å²) >= 11 is 0. The predicted molar refractivity (Wildman–Crippen MR) is 137 cm³/mol. The molecule has 7 nitrogen and oxygen atoms in total. The molecule has 2 aromatic carbocycles. The van der Waals surface area contributed by atoms with Crippen LogP contribution >= 0.6 is 0 Å². The maximum atomic E-state index is 12.8. The minimum absolute atomic E-state index is 0.0871. The maximum absolute atomic E-state index is 12.8. The van der Waals surface area contributed by atoms with Crippen LogP contribution in [0.2, 0.25) is 0 Å². The van der Waals surface area contributed by atoms with Crippen LogP contribution in [-0.2, 0) is 16.0 Å². The molecular weight excluding hydrogens is 458 g/mol. The van der Waals surface area contributed by atoms with E-state index in [1.807, 2.05) is 50.2 Å². The number of hydrogen-bond acceptors (Lipinski definition) is 5. The Morgan fingerprint density at radius 3 is 2.47 bits per heavy atom. The monoisotopic (exact) mass is 487 g/mol. The van der Waals surface area contributed by atoms with Crippen LogP contribution in [0.4, 0.5) is 0 Å². The number of carboxylic acids is 1. The number of fused-ring (bicyclic) bond motifs is 3. The third-order valence-electron chi connectivity index (χ3n) is 7.49. The quantitative estimate of drug-likeness (QED) is 0.354. The molecule has 1 amide bonds. The fourth-order valence-electron chi connectivity index (χ4n) is 5.42. The van der Waals surface area contributed by atoms with E-state index in [-0.39, 0.29) is 24.2 Å². The molecule has 0 radical (unpaired) electrons. The number of aryl methyl sites for hydroxylation is 2. The van der Waals surface area contributed by atoms with E-state index in [9.17, 15) is 14.4 Å². The number of nitrogens with one attached hydrogen (secondary N) is 1. The molecule has 7 heteroatoms. The Labute approximate surface area is 208 Å². The number of furan rings is 1. The molecule has 1 saturated carbocycles. The highest BCUT2D eigenvalue weighted by Crippen LogP contribution is 2.38. The van der Waals surface area contributed by atoms with Crippen LogP contribution in [0.1, 0.15) is 42.4 Å². The molecule has 0 saturated heterocycles. The first-order valence-corrected chi connectivity index (χ1v) is 12.4. The largest absolute Gasteiger partial charge is 0.481 e. The van der Waals surface area contributed by atoms with Crippen LogP contribution in [0.25, 0.3) is 33.1 Å². The molecule has 0 atom stereocenters. The molecule has 5 rings (SSSR count). The topological polar surface area (TPSA) is 110 Å². The lowest BCUT2D eigenvalue weighted by Gasteiger charge is -2.26. The van der Waals surface area contributed by atoms with Crippen LogP contribution in [0.3, 0.4) is 0 Å². The second kappa shape index (κ2) is 9.64. The fraction of sp³-hybridized carbons (Fsp3) is 0.345. The van der Waals surface area contributed by atoms with Gasteiger partial charge in [0.1, 0.15) is 11.2 Å². The highest BCUT2D eigenvalue weighted by molar-refractivity contribution is 6.11. The van der Waals surface area contributed by atoms with Gasteiger partial charge in [0.25, 0.3) is 0 Å². The molecule has 2 heterocycles. The predicted octanol–water partition coefficient (Wildman–Crippen LogP) is 5.37. The first kappa shape index (κ1) is 23.9. The molecule has 2 aromatic heterocycles. The molecule has 2 N–H and O–H groups in total. The van der Waals surface area contributed by atoms with Gasteiger partial charge in [0, 0.05) is 17.5 Å². The molecule has 0 aliphatic heterocycles. The van der Waals surface area contributed by atoms with Crippen molar-refractivity contribution in [2.75, 3.05) is 6.54 Å². The molecule has 0 bridgehead atoms. The number of carbonyl (C=O) groups excluding carboxylic acids is 1. The lowest BCUT2D eigenvalue weighted by atomic mass is 9.82. The number of benzene rings is 2. The summed E-state index contributed by atoms with van der Waals surface area (Å²) in [5, 5.41) is 13.7. The Hall–Kier alpha value is -3.87. The number of aliphatic carboxylic acids is 1. The van der Waals surface area contributed by atoms with Crippen LogP contribution < -0.4 is 10.9 Å². The zero-order valence-corrected chi connectivity index (χ0v) is 20.4. The standard InChI is InChI=1S/C29H29NO6/c1-16-12-23-26(27-25(16)22(15-35-27)19-6-4-3-5-7-19)17(2)21(29(34)36-23)13-24(31)30-14-18-8-10-20(11-9-18)28(32)33/h3-7,12,15,18,20H,8-11,13-14H2,1-2H3,(H,30,31)(H,32,33). The normalized spacial score (nSPS) is 17.9. The van der Waals surface area contributed by atoms with E-state index in [1.54, 1.807) is 6.26 Å². The minimum atomic E-state index is -0.743. The van der Waals surface area contributed by atoms with E-state index in [2.05, 4.69) is 5.32 Å². The molecule has 36 heavy (non-hydrogen) atoms. The smallest absolute Gasteiger partial charge is 0.340 e. The van der Waals surface area contributed by atoms with Gasteiger partial charge in [0.15, 0.2) is 0 Å². The number of rotatable bonds is 6. The van der Waals surface area contributed by atoms with Crippen molar-refractivity contribution in [3.05, 3.63) is 69.8 Å². The first-order valence-electron chi connectivity index (χ1n) is 12.4. The lowest BCUT2D eigenvalue weighted by molar-refractivity contribution is -0.143. The van der Waals surface area contributed by atoms with Crippen LogP contribution in [-0.4, -0.2) is 23.5 Å². The van der Waals surface area contributed by atoms with Gasteiger partial charge in [-0.1, -0.05) is 30.3 Å². The van der Waals surface area contributed by atoms with E-state index >= 15 is 0 Å². The van der Waals surface area contributed by atoms with E-state index in [0.29, 0.717) is 47.1 Å². The van der Waals surface area contributed by atoms with Crippen molar-refractivity contribution in [2.45, 2.75) is 46.0 Å². The van der Waals surface area contributed by atoms with Gasteiger partial charge in [0.05, 0.1) is 29.6 Å². The van der Waals surface area contributed by atoms with Crippen LogP contribution in [0.15, 0.2) is 56.3 Å². The van der Waals surface area contributed by atoms with E-state index in [1.165, 1.54) is 0 Å². The summed E-state index contributed by atoms with van der Waals surface area (Å²) in [6.45, 7) is 4.27. The summed E-state index contributed by atoms with van der Waals surface area (Å²) in [4.78, 5) is 36.7. The Bertz CT molecular complexity index is 1510. The van der Waals surface area contributed by atoms with E-state index in [4.69, 9.17) is 13.9 Å². The average Bonchev–Trinajstić information content (AvgIpc) is 3.31. The van der Waals surface area contributed by atoms with Crippen molar-refractivity contribution in [1.29, 1.82) is 0 Å². The van der Waals surface area contributed by atoms with Crippen LogP contribution in [0, 0.1) is 25.7 Å². The van der Waals surface area contributed by atoms with Crippen molar-refractivity contribution in [1.82, 2.24) is 5.32 Å². The van der Waals surface area contributed by atoms with Gasteiger partial charge in [-0.2, -0.15) is 0 Å². The number of carboxylic acid groups (broad SMARTS) is 1. The van der Waals surface area contributed by atoms with Crippen molar-refractivity contribution in [2.24, 2.45) is 11.8 Å². The molecule has 0 spiro atoms. The molecule has 186 valence electrons. The van der Waals surface area contributed by atoms with Crippen molar-refractivity contribution >= 4 is 33.8 Å². The number of amides is 1. The van der Waals surface area contributed by atoms with Crippen molar-refractivity contribution in [3.63, 3.8) is 0 Å². The fourth-order valence-corrected chi connectivity index (χ4v) is 5.42. The van der Waals surface area contributed by atoms with E-state index in [0.717, 1.165) is 34.9 Å². The molecular formula is C29H29NO6. The SMILES string of the molecule is Cc1cc2oc(=O)c(CC(=O)NCC3CCC(C(=O)O)CC3)c(C)c2c2occ(-c3ccccc3)c12.